The van der Waals surface area contributed by atoms with Crippen molar-refractivity contribution in [3.05, 3.63) is 0 Å². The summed E-state index contributed by atoms with van der Waals surface area (Å²) >= 11 is 0. The van der Waals surface area contributed by atoms with Crippen LogP contribution < -0.4 is 5.32 Å². The van der Waals surface area contributed by atoms with E-state index in [2.05, 4.69) is 26.1 Å². The first-order valence-electron chi connectivity index (χ1n) is 5.35. The maximum absolute atomic E-state index is 9.35. The second-order valence-corrected chi connectivity index (χ2v) is 5.30. The van der Waals surface area contributed by atoms with Crippen molar-refractivity contribution in [2.24, 2.45) is 5.41 Å². The minimum absolute atomic E-state index is 0.221. The molecule has 0 heterocycles. The minimum atomic E-state index is -0.247. The highest BCUT2D eigenvalue weighted by molar-refractivity contribution is 4.88. The standard InChI is InChI=1S/C11H23NO/c1-8(9(2)13)12-10-5-6-11(3,4)7-10/h8-10,12-13H,5-7H2,1-4H3. The third kappa shape index (κ3) is 3.28. The lowest BCUT2D eigenvalue weighted by atomic mass is 9.92. The fourth-order valence-corrected chi connectivity index (χ4v) is 2.09. The third-order valence-electron chi connectivity index (χ3n) is 3.19. The van der Waals surface area contributed by atoms with Gasteiger partial charge in [0, 0.05) is 12.1 Å². The normalized spacial score (nSPS) is 31.6. The van der Waals surface area contributed by atoms with E-state index < -0.39 is 0 Å². The fraction of sp³-hybridized carbons (Fsp3) is 1.00. The molecule has 3 unspecified atom stereocenters. The zero-order valence-corrected chi connectivity index (χ0v) is 9.30. The summed E-state index contributed by atoms with van der Waals surface area (Å²) in [6.07, 6.45) is 3.55. The van der Waals surface area contributed by atoms with E-state index >= 15 is 0 Å². The molecule has 0 saturated heterocycles. The molecular formula is C11H23NO. The molecule has 1 fully saturated rings. The van der Waals surface area contributed by atoms with Gasteiger partial charge < -0.3 is 10.4 Å². The first kappa shape index (κ1) is 11.0. The van der Waals surface area contributed by atoms with Crippen LogP contribution in [0.1, 0.15) is 47.0 Å². The summed E-state index contributed by atoms with van der Waals surface area (Å²) in [4.78, 5) is 0. The van der Waals surface area contributed by atoms with Crippen molar-refractivity contribution in [3.8, 4) is 0 Å². The van der Waals surface area contributed by atoms with Crippen molar-refractivity contribution >= 4 is 0 Å². The van der Waals surface area contributed by atoms with Gasteiger partial charge in [0.1, 0.15) is 0 Å². The molecule has 13 heavy (non-hydrogen) atoms. The van der Waals surface area contributed by atoms with E-state index in [4.69, 9.17) is 0 Å². The molecule has 2 nitrogen and oxygen atoms in total. The lowest BCUT2D eigenvalue weighted by Gasteiger charge is -2.23. The van der Waals surface area contributed by atoms with Gasteiger partial charge in [-0.3, -0.25) is 0 Å². The highest BCUT2D eigenvalue weighted by atomic mass is 16.3. The predicted molar refractivity (Wildman–Crippen MR) is 55.7 cm³/mol. The molecule has 0 spiro atoms. The largest absolute Gasteiger partial charge is 0.392 e. The highest BCUT2D eigenvalue weighted by Gasteiger charge is 2.31. The van der Waals surface area contributed by atoms with Gasteiger partial charge in [0.05, 0.1) is 6.10 Å². The molecule has 0 bridgehead atoms. The Hall–Kier alpha value is -0.0800. The molecule has 0 aromatic rings. The van der Waals surface area contributed by atoms with E-state index in [0.29, 0.717) is 11.5 Å². The second kappa shape index (κ2) is 3.97. The lowest BCUT2D eigenvalue weighted by molar-refractivity contribution is 0.145. The molecule has 1 aliphatic carbocycles. The molecule has 0 aromatic carbocycles. The summed E-state index contributed by atoms with van der Waals surface area (Å²) < 4.78 is 0. The first-order valence-corrected chi connectivity index (χ1v) is 5.35. The molecule has 0 aliphatic heterocycles. The van der Waals surface area contributed by atoms with Crippen LogP contribution >= 0.6 is 0 Å². The highest BCUT2D eigenvalue weighted by Crippen LogP contribution is 2.37. The van der Waals surface area contributed by atoms with Gasteiger partial charge in [-0.1, -0.05) is 13.8 Å². The van der Waals surface area contributed by atoms with E-state index in [1.807, 2.05) is 6.92 Å². The van der Waals surface area contributed by atoms with Gasteiger partial charge >= 0.3 is 0 Å². The Morgan fingerprint density at radius 1 is 1.38 bits per heavy atom. The molecule has 1 saturated carbocycles. The second-order valence-electron chi connectivity index (χ2n) is 5.30. The number of hydrogen-bond acceptors (Lipinski definition) is 2. The zero-order valence-electron chi connectivity index (χ0n) is 9.30. The molecular weight excluding hydrogens is 162 g/mol. The van der Waals surface area contributed by atoms with Crippen molar-refractivity contribution in [3.63, 3.8) is 0 Å². The Morgan fingerprint density at radius 3 is 2.38 bits per heavy atom. The summed E-state index contributed by atoms with van der Waals surface area (Å²) in [7, 11) is 0. The quantitative estimate of drug-likeness (QED) is 0.704. The van der Waals surface area contributed by atoms with Crippen molar-refractivity contribution in [2.45, 2.75) is 65.1 Å². The Labute approximate surface area is 81.7 Å². The summed E-state index contributed by atoms with van der Waals surface area (Å²) in [5.41, 5.74) is 0.496. The Bertz CT molecular complexity index is 165. The maximum atomic E-state index is 9.35. The number of nitrogens with one attached hydrogen (secondary N) is 1. The first-order chi connectivity index (χ1) is 5.91. The van der Waals surface area contributed by atoms with Crippen LogP contribution in [0.5, 0.6) is 0 Å². The van der Waals surface area contributed by atoms with Gasteiger partial charge in [0.15, 0.2) is 0 Å². The van der Waals surface area contributed by atoms with Gasteiger partial charge in [-0.25, -0.2) is 0 Å². The van der Waals surface area contributed by atoms with Crippen LogP contribution in [-0.2, 0) is 0 Å². The number of rotatable bonds is 3. The van der Waals surface area contributed by atoms with Crippen LogP contribution in [0, 0.1) is 5.41 Å². The summed E-state index contributed by atoms with van der Waals surface area (Å²) in [5.74, 6) is 0. The fourth-order valence-electron chi connectivity index (χ4n) is 2.09. The molecule has 0 aromatic heterocycles. The van der Waals surface area contributed by atoms with E-state index in [9.17, 15) is 5.11 Å². The zero-order chi connectivity index (χ0) is 10.1. The number of aliphatic hydroxyl groups excluding tert-OH is 1. The molecule has 1 rings (SSSR count). The SMILES string of the molecule is CC(O)C(C)NC1CCC(C)(C)C1. The van der Waals surface area contributed by atoms with Gasteiger partial charge in [0.2, 0.25) is 0 Å². The van der Waals surface area contributed by atoms with Crippen molar-refractivity contribution in [1.29, 1.82) is 0 Å². The van der Waals surface area contributed by atoms with E-state index in [1.165, 1.54) is 19.3 Å². The van der Waals surface area contributed by atoms with E-state index in [0.717, 1.165) is 0 Å². The number of hydrogen-bond donors (Lipinski definition) is 2. The average molecular weight is 185 g/mol. The van der Waals surface area contributed by atoms with Gasteiger partial charge in [-0.05, 0) is 38.5 Å². The molecule has 3 atom stereocenters. The molecule has 1 aliphatic rings. The van der Waals surface area contributed by atoms with Gasteiger partial charge in [-0.2, -0.15) is 0 Å². The molecule has 0 radical (unpaired) electrons. The lowest BCUT2D eigenvalue weighted by Crippen LogP contribution is -2.41. The van der Waals surface area contributed by atoms with Gasteiger partial charge in [-0.15, -0.1) is 0 Å². The smallest absolute Gasteiger partial charge is 0.0662 e. The molecule has 2 N–H and O–H groups in total. The third-order valence-corrected chi connectivity index (χ3v) is 3.19. The van der Waals surface area contributed by atoms with Crippen molar-refractivity contribution in [2.75, 3.05) is 0 Å². The topological polar surface area (TPSA) is 32.3 Å². The molecule has 78 valence electrons. The van der Waals surface area contributed by atoms with Crippen LogP contribution in [0.4, 0.5) is 0 Å². The minimum Gasteiger partial charge on any atom is -0.392 e. The van der Waals surface area contributed by atoms with Crippen LogP contribution in [0.3, 0.4) is 0 Å². The van der Waals surface area contributed by atoms with Crippen LogP contribution in [0.25, 0.3) is 0 Å². The predicted octanol–water partition coefficient (Wildman–Crippen LogP) is 1.92. The van der Waals surface area contributed by atoms with E-state index in [-0.39, 0.29) is 12.1 Å². The molecule has 2 heteroatoms. The van der Waals surface area contributed by atoms with Crippen LogP contribution in [-0.4, -0.2) is 23.3 Å². The Kier molecular flexibility index (Phi) is 3.36. The summed E-state index contributed by atoms with van der Waals surface area (Å²) in [6, 6.07) is 0.832. The number of aliphatic hydroxyl groups is 1. The van der Waals surface area contributed by atoms with Gasteiger partial charge in [0.25, 0.3) is 0 Å². The summed E-state index contributed by atoms with van der Waals surface area (Å²) in [5, 5.41) is 12.8. The molecule has 0 amide bonds. The van der Waals surface area contributed by atoms with Crippen molar-refractivity contribution in [1.82, 2.24) is 5.32 Å². The average Bonchev–Trinajstić information content (AvgIpc) is 2.30. The van der Waals surface area contributed by atoms with Crippen LogP contribution in [0.15, 0.2) is 0 Å². The summed E-state index contributed by atoms with van der Waals surface area (Å²) in [6.45, 7) is 8.54. The van der Waals surface area contributed by atoms with E-state index in [1.54, 1.807) is 0 Å². The Morgan fingerprint density at radius 2 is 2.00 bits per heavy atom. The maximum Gasteiger partial charge on any atom is 0.0662 e. The Balaban J connectivity index is 2.32. The van der Waals surface area contributed by atoms with Crippen LogP contribution in [0.2, 0.25) is 0 Å². The van der Waals surface area contributed by atoms with Crippen molar-refractivity contribution < 1.29 is 5.11 Å². The monoisotopic (exact) mass is 185 g/mol.